The van der Waals surface area contributed by atoms with E-state index in [2.05, 4.69) is 66.5 Å². The van der Waals surface area contributed by atoms with Gasteiger partial charge in [0.1, 0.15) is 0 Å². The fraction of sp³-hybridized carbons (Fsp3) is 0.300. The molecule has 2 nitrogen and oxygen atoms in total. The van der Waals surface area contributed by atoms with E-state index >= 15 is 0 Å². The highest BCUT2D eigenvalue weighted by atomic mass is 15.1. The molecule has 0 fully saturated rings. The number of hydrogen-bond donors (Lipinski definition) is 1. The molecule has 1 aliphatic carbocycles. The quantitative estimate of drug-likeness (QED) is 0.663. The van der Waals surface area contributed by atoms with Crippen molar-refractivity contribution >= 4 is 10.9 Å². The lowest BCUT2D eigenvalue weighted by molar-refractivity contribution is 0.193. The maximum atomic E-state index is 3.46. The molecule has 22 heavy (non-hydrogen) atoms. The highest BCUT2D eigenvalue weighted by molar-refractivity contribution is 5.89. The van der Waals surface area contributed by atoms with Crippen molar-refractivity contribution in [3.05, 3.63) is 70.4 Å². The fourth-order valence-corrected chi connectivity index (χ4v) is 4.60. The van der Waals surface area contributed by atoms with E-state index in [1.807, 2.05) is 0 Å². The van der Waals surface area contributed by atoms with Crippen LogP contribution in [0, 0.1) is 6.92 Å². The van der Waals surface area contributed by atoms with Gasteiger partial charge in [-0.3, -0.25) is 4.90 Å². The standard InChI is InChI=1S/C20H20N2/c1-12-6-7-15-14(8-12)11-22(2)18-9-13-10-21-17-5-3-4-16(19(13)17)20(15)18/h3-8,10,18,20-21H,9,11H2,1-2H3/t18-,20-/m1/s1. The Kier molecular flexibility index (Phi) is 2.40. The molecule has 5 rings (SSSR count). The summed E-state index contributed by atoms with van der Waals surface area (Å²) < 4.78 is 0. The molecule has 0 unspecified atom stereocenters. The van der Waals surface area contributed by atoms with Gasteiger partial charge in [-0.05, 0) is 48.7 Å². The van der Waals surface area contributed by atoms with Crippen molar-refractivity contribution < 1.29 is 0 Å². The summed E-state index contributed by atoms with van der Waals surface area (Å²) in [6, 6.07) is 14.3. The molecular weight excluding hydrogens is 268 g/mol. The third kappa shape index (κ3) is 1.53. The second kappa shape index (κ2) is 4.23. The van der Waals surface area contributed by atoms with Crippen molar-refractivity contribution in [2.45, 2.75) is 31.8 Å². The van der Waals surface area contributed by atoms with Gasteiger partial charge in [0.05, 0.1) is 0 Å². The van der Waals surface area contributed by atoms with Crippen LogP contribution in [0.25, 0.3) is 10.9 Å². The van der Waals surface area contributed by atoms with Crippen LogP contribution in [0.2, 0.25) is 0 Å². The number of likely N-dealkylation sites (N-methyl/N-ethyl adjacent to an activating group) is 1. The molecule has 2 aliphatic rings. The monoisotopic (exact) mass is 288 g/mol. The molecule has 0 radical (unpaired) electrons. The number of nitrogens with one attached hydrogen (secondary N) is 1. The van der Waals surface area contributed by atoms with Crippen LogP contribution in [0.3, 0.4) is 0 Å². The minimum Gasteiger partial charge on any atom is -0.361 e. The normalized spacial score (nSPS) is 23.4. The number of fused-ring (bicyclic) bond motifs is 4. The number of benzene rings is 2. The first-order valence-corrected chi connectivity index (χ1v) is 8.11. The Hall–Kier alpha value is -2.06. The molecule has 2 atom stereocenters. The van der Waals surface area contributed by atoms with Gasteiger partial charge in [-0.15, -0.1) is 0 Å². The number of H-pyrrole nitrogens is 1. The van der Waals surface area contributed by atoms with Gasteiger partial charge in [-0.25, -0.2) is 0 Å². The summed E-state index contributed by atoms with van der Waals surface area (Å²) in [5.74, 6) is 0.501. The van der Waals surface area contributed by atoms with Crippen LogP contribution in [0.5, 0.6) is 0 Å². The second-order valence-corrected chi connectivity index (χ2v) is 6.95. The summed E-state index contributed by atoms with van der Waals surface area (Å²) in [5.41, 5.74) is 8.67. The number of aromatic nitrogens is 1. The topological polar surface area (TPSA) is 19.0 Å². The maximum Gasteiger partial charge on any atom is 0.0459 e. The summed E-state index contributed by atoms with van der Waals surface area (Å²) in [6.45, 7) is 3.26. The van der Waals surface area contributed by atoms with Gasteiger partial charge in [0, 0.05) is 35.6 Å². The largest absolute Gasteiger partial charge is 0.361 e. The van der Waals surface area contributed by atoms with Crippen molar-refractivity contribution in [1.29, 1.82) is 0 Å². The van der Waals surface area contributed by atoms with E-state index in [-0.39, 0.29) is 0 Å². The van der Waals surface area contributed by atoms with E-state index in [0.29, 0.717) is 12.0 Å². The average molecular weight is 288 g/mol. The van der Waals surface area contributed by atoms with E-state index in [1.165, 1.54) is 38.7 Å². The number of hydrogen-bond acceptors (Lipinski definition) is 1. The lowest BCUT2D eigenvalue weighted by Crippen LogP contribution is -2.44. The Balaban J connectivity index is 1.82. The van der Waals surface area contributed by atoms with Crippen molar-refractivity contribution in [2.75, 3.05) is 7.05 Å². The Morgan fingerprint density at radius 2 is 2.00 bits per heavy atom. The van der Waals surface area contributed by atoms with Crippen LogP contribution in [-0.4, -0.2) is 23.0 Å². The van der Waals surface area contributed by atoms with Gasteiger partial charge in [0.15, 0.2) is 0 Å². The van der Waals surface area contributed by atoms with Crippen LogP contribution < -0.4 is 0 Å². The SMILES string of the molecule is Cc1ccc2c(c1)CN(C)[C@@H]1Cc3c[nH]c4cccc(c34)[C@@H]21. The first-order valence-electron chi connectivity index (χ1n) is 8.11. The van der Waals surface area contributed by atoms with Crippen LogP contribution >= 0.6 is 0 Å². The zero-order chi connectivity index (χ0) is 14.8. The summed E-state index contributed by atoms with van der Waals surface area (Å²) in [5, 5.41) is 1.46. The Labute approximate surface area is 130 Å². The first-order chi connectivity index (χ1) is 10.7. The number of aromatic amines is 1. The molecule has 2 aromatic carbocycles. The van der Waals surface area contributed by atoms with Gasteiger partial charge in [0.25, 0.3) is 0 Å². The molecule has 0 bridgehead atoms. The third-order valence-electron chi connectivity index (χ3n) is 5.59. The molecule has 110 valence electrons. The number of nitrogens with zero attached hydrogens (tertiary/aromatic N) is 1. The molecule has 2 heterocycles. The van der Waals surface area contributed by atoms with Crippen LogP contribution in [0.4, 0.5) is 0 Å². The summed E-state index contributed by atoms with van der Waals surface area (Å²) in [4.78, 5) is 6.00. The minimum absolute atomic E-state index is 0.501. The predicted molar refractivity (Wildman–Crippen MR) is 90.3 cm³/mol. The summed E-state index contributed by atoms with van der Waals surface area (Å²) in [6.07, 6.45) is 3.36. The first kappa shape index (κ1) is 12.5. The Bertz CT molecular complexity index is 890. The molecule has 0 spiro atoms. The lowest BCUT2D eigenvalue weighted by atomic mass is 9.72. The molecule has 3 aromatic rings. The van der Waals surface area contributed by atoms with Gasteiger partial charge < -0.3 is 4.98 Å². The molecule has 1 N–H and O–H groups in total. The average Bonchev–Trinajstić information content (AvgIpc) is 2.92. The van der Waals surface area contributed by atoms with Crippen LogP contribution in [0.1, 0.15) is 33.7 Å². The number of aryl methyl sites for hydroxylation is 1. The van der Waals surface area contributed by atoms with Crippen molar-refractivity contribution in [3.8, 4) is 0 Å². The zero-order valence-electron chi connectivity index (χ0n) is 13.1. The van der Waals surface area contributed by atoms with E-state index in [4.69, 9.17) is 0 Å². The smallest absolute Gasteiger partial charge is 0.0459 e. The molecule has 0 saturated carbocycles. The predicted octanol–water partition coefficient (Wildman–Crippen LogP) is 3.98. The minimum atomic E-state index is 0.501. The fourth-order valence-electron chi connectivity index (χ4n) is 4.60. The zero-order valence-corrected chi connectivity index (χ0v) is 13.1. The maximum absolute atomic E-state index is 3.46. The van der Waals surface area contributed by atoms with Crippen LogP contribution in [0.15, 0.2) is 42.6 Å². The molecular formula is C20H20N2. The van der Waals surface area contributed by atoms with E-state index in [0.717, 1.165) is 13.0 Å². The lowest BCUT2D eigenvalue weighted by Gasteiger charge is -2.43. The molecule has 0 amide bonds. The molecule has 1 aromatic heterocycles. The van der Waals surface area contributed by atoms with Gasteiger partial charge in [0.2, 0.25) is 0 Å². The van der Waals surface area contributed by atoms with Crippen LogP contribution in [-0.2, 0) is 13.0 Å². The van der Waals surface area contributed by atoms with E-state index in [9.17, 15) is 0 Å². The highest BCUT2D eigenvalue weighted by Crippen LogP contribution is 2.45. The van der Waals surface area contributed by atoms with Gasteiger partial charge in [-0.1, -0.05) is 35.9 Å². The Morgan fingerprint density at radius 1 is 1.09 bits per heavy atom. The van der Waals surface area contributed by atoms with Gasteiger partial charge in [-0.2, -0.15) is 0 Å². The molecule has 0 saturated heterocycles. The van der Waals surface area contributed by atoms with E-state index in [1.54, 1.807) is 0 Å². The van der Waals surface area contributed by atoms with Crippen molar-refractivity contribution in [3.63, 3.8) is 0 Å². The van der Waals surface area contributed by atoms with Crippen molar-refractivity contribution in [2.24, 2.45) is 0 Å². The summed E-state index contributed by atoms with van der Waals surface area (Å²) >= 11 is 0. The van der Waals surface area contributed by atoms with Crippen molar-refractivity contribution in [1.82, 2.24) is 9.88 Å². The second-order valence-electron chi connectivity index (χ2n) is 6.95. The number of rotatable bonds is 0. The van der Waals surface area contributed by atoms with Gasteiger partial charge >= 0.3 is 0 Å². The summed E-state index contributed by atoms with van der Waals surface area (Å²) in [7, 11) is 2.28. The molecule has 2 heteroatoms. The third-order valence-corrected chi connectivity index (χ3v) is 5.59. The Morgan fingerprint density at radius 3 is 2.91 bits per heavy atom. The molecule has 1 aliphatic heterocycles. The van der Waals surface area contributed by atoms with E-state index < -0.39 is 0 Å². The highest BCUT2D eigenvalue weighted by Gasteiger charge is 2.38.